The zero-order chi connectivity index (χ0) is 21.2. The summed E-state index contributed by atoms with van der Waals surface area (Å²) in [6.45, 7) is 8.35. The molecule has 8 nitrogen and oxygen atoms in total. The normalized spacial score (nSPS) is 11.4. The van der Waals surface area contributed by atoms with Crippen LogP contribution in [0.3, 0.4) is 0 Å². The van der Waals surface area contributed by atoms with Gasteiger partial charge in [0.2, 0.25) is 5.69 Å². The van der Waals surface area contributed by atoms with E-state index in [-0.39, 0.29) is 16.8 Å². The summed E-state index contributed by atoms with van der Waals surface area (Å²) < 4.78 is 0. The highest BCUT2D eigenvalue weighted by atomic mass is 32.1. The lowest BCUT2D eigenvalue weighted by Gasteiger charge is -2.18. The second-order valence-electron chi connectivity index (χ2n) is 7.73. The molecule has 0 radical (unpaired) electrons. The van der Waals surface area contributed by atoms with Gasteiger partial charge in [-0.2, -0.15) is 5.10 Å². The SMILES string of the molecule is CCCc1[nH]nc(C(=O)Nc2nc(-c3ccc(C(C)(C)C)cc3)cs2)c1[N+](=O)[O-]. The quantitative estimate of drug-likeness (QED) is 0.439. The van der Waals surface area contributed by atoms with Gasteiger partial charge in [-0.15, -0.1) is 11.3 Å². The molecule has 0 unspecified atom stereocenters. The largest absolute Gasteiger partial charge is 0.322 e. The van der Waals surface area contributed by atoms with Crippen LogP contribution in [0.25, 0.3) is 11.3 Å². The average Bonchev–Trinajstić information content (AvgIpc) is 3.28. The number of aryl methyl sites for hydroxylation is 1. The minimum atomic E-state index is -0.653. The molecule has 0 saturated carbocycles. The number of amides is 1. The minimum Gasteiger partial charge on any atom is -0.296 e. The van der Waals surface area contributed by atoms with Gasteiger partial charge in [0.15, 0.2) is 5.13 Å². The Kier molecular flexibility index (Phi) is 5.78. The van der Waals surface area contributed by atoms with Crippen molar-refractivity contribution in [3.05, 3.63) is 56.7 Å². The molecule has 152 valence electrons. The van der Waals surface area contributed by atoms with Crippen LogP contribution in [0.15, 0.2) is 29.6 Å². The molecule has 0 spiro atoms. The fraction of sp³-hybridized carbons (Fsp3) is 0.350. The topological polar surface area (TPSA) is 114 Å². The number of H-pyrrole nitrogens is 1. The van der Waals surface area contributed by atoms with Crippen molar-refractivity contribution in [2.75, 3.05) is 5.32 Å². The molecule has 3 aromatic rings. The number of benzene rings is 1. The Morgan fingerprint density at radius 3 is 2.55 bits per heavy atom. The number of rotatable bonds is 6. The molecule has 29 heavy (non-hydrogen) atoms. The van der Waals surface area contributed by atoms with Gasteiger partial charge in [-0.1, -0.05) is 58.4 Å². The van der Waals surface area contributed by atoms with Crippen molar-refractivity contribution in [2.24, 2.45) is 0 Å². The van der Waals surface area contributed by atoms with Crippen molar-refractivity contribution in [3.8, 4) is 11.3 Å². The van der Waals surface area contributed by atoms with Crippen molar-refractivity contribution < 1.29 is 9.72 Å². The van der Waals surface area contributed by atoms with E-state index in [0.717, 1.165) is 11.3 Å². The van der Waals surface area contributed by atoms with E-state index in [1.54, 1.807) is 0 Å². The predicted octanol–water partition coefficient (Wildman–Crippen LogP) is 4.94. The van der Waals surface area contributed by atoms with Gasteiger partial charge < -0.3 is 0 Å². The summed E-state index contributed by atoms with van der Waals surface area (Å²) in [5.74, 6) is -0.653. The third-order valence-electron chi connectivity index (χ3n) is 4.48. The third-order valence-corrected chi connectivity index (χ3v) is 5.24. The van der Waals surface area contributed by atoms with E-state index in [9.17, 15) is 14.9 Å². The first-order valence-corrected chi connectivity index (χ1v) is 10.2. The van der Waals surface area contributed by atoms with E-state index in [0.29, 0.717) is 23.7 Å². The first-order valence-electron chi connectivity index (χ1n) is 9.30. The Hall–Kier alpha value is -3.07. The van der Waals surface area contributed by atoms with Crippen LogP contribution in [-0.4, -0.2) is 26.0 Å². The summed E-state index contributed by atoms with van der Waals surface area (Å²) >= 11 is 1.26. The summed E-state index contributed by atoms with van der Waals surface area (Å²) in [6, 6.07) is 8.12. The van der Waals surface area contributed by atoms with Crippen LogP contribution in [-0.2, 0) is 11.8 Å². The zero-order valence-corrected chi connectivity index (χ0v) is 17.6. The van der Waals surface area contributed by atoms with Crippen LogP contribution < -0.4 is 5.32 Å². The molecule has 0 saturated heterocycles. The van der Waals surface area contributed by atoms with Crippen LogP contribution in [0.2, 0.25) is 0 Å². The third kappa shape index (κ3) is 4.51. The van der Waals surface area contributed by atoms with Gasteiger partial charge in [-0.3, -0.25) is 25.3 Å². The first-order chi connectivity index (χ1) is 13.7. The Balaban J connectivity index is 1.78. The van der Waals surface area contributed by atoms with Gasteiger partial charge >= 0.3 is 5.69 Å². The molecular weight excluding hydrogens is 390 g/mol. The number of thiazole rings is 1. The summed E-state index contributed by atoms with van der Waals surface area (Å²) in [5, 5.41) is 22.6. The fourth-order valence-electron chi connectivity index (χ4n) is 2.91. The van der Waals surface area contributed by atoms with Crippen molar-refractivity contribution >= 4 is 28.1 Å². The fourth-order valence-corrected chi connectivity index (χ4v) is 3.63. The molecule has 0 aliphatic carbocycles. The van der Waals surface area contributed by atoms with Crippen molar-refractivity contribution in [1.82, 2.24) is 15.2 Å². The van der Waals surface area contributed by atoms with E-state index in [2.05, 4.69) is 53.4 Å². The van der Waals surface area contributed by atoms with Crippen LogP contribution in [0.5, 0.6) is 0 Å². The highest BCUT2D eigenvalue weighted by molar-refractivity contribution is 7.14. The molecule has 0 atom stereocenters. The standard InChI is InChI=1S/C20H23N5O3S/c1-5-6-14-17(25(27)28)16(24-23-14)18(26)22-19-21-15(11-29-19)12-7-9-13(10-8-12)20(2,3)4/h7-11H,5-6H2,1-4H3,(H,23,24)(H,21,22,26). The summed E-state index contributed by atoms with van der Waals surface area (Å²) in [6.07, 6.45) is 1.15. The van der Waals surface area contributed by atoms with Gasteiger partial charge in [0.25, 0.3) is 5.91 Å². The average molecular weight is 414 g/mol. The number of hydrogen-bond acceptors (Lipinski definition) is 6. The molecule has 0 aliphatic heterocycles. The van der Waals surface area contributed by atoms with Crippen LogP contribution in [0, 0.1) is 10.1 Å². The Labute approximate surface area is 172 Å². The lowest BCUT2D eigenvalue weighted by atomic mass is 9.86. The Morgan fingerprint density at radius 1 is 1.28 bits per heavy atom. The molecular formula is C20H23N5O3S. The van der Waals surface area contributed by atoms with Crippen molar-refractivity contribution in [3.63, 3.8) is 0 Å². The maximum Gasteiger partial charge on any atom is 0.322 e. The number of nitrogens with one attached hydrogen (secondary N) is 2. The van der Waals surface area contributed by atoms with E-state index in [1.165, 1.54) is 16.9 Å². The smallest absolute Gasteiger partial charge is 0.296 e. The molecule has 0 fully saturated rings. The van der Waals surface area contributed by atoms with Gasteiger partial charge in [0.05, 0.1) is 10.6 Å². The molecule has 2 aromatic heterocycles. The monoisotopic (exact) mass is 413 g/mol. The summed E-state index contributed by atoms with van der Waals surface area (Å²) in [7, 11) is 0. The second-order valence-corrected chi connectivity index (χ2v) is 8.58. The highest BCUT2D eigenvalue weighted by Gasteiger charge is 2.29. The lowest BCUT2D eigenvalue weighted by molar-refractivity contribution is -0.385. The zero-order valence-electron chi connectivity index (χ0n) is 16.8. The molecule has 9 heteroatoms. The van der Waals surface area contributed by atoms with Crippen LogP contribution in [0.1, 0.15) is 55.9 Å². The van der Waals surface area contributed by atoms with Gasteiger partial charge in [-0.25, -0.2) is 4.98 Å². The van der Waals surface area contributed by atoms with E-state index < -0.39 is 10.8 Å². The number of nitrogens with zero attached hydrogens (tertiary/aromatic N) is 3. The van der Waals surface area contributed by atoms with Gasteiger partial charge in [0.1, 0.15) is 5.69 Å². The number of aromatic amines is 1. The highest BCUT2D eigenvalue weighted by Crippen LogP contribution is 2.29. The summed E-state index contributed by atoms with van der Waals surface area (Å²) in [4.78, 5) is 27.8. The van der Waals surface area contributed by atoms with Gasteiger partial charge in [-0.05, 0) is 17.4 Å². The van der Waals surface area contributed by atoms with Crippen molar-refractivity contribution in [2.45, 2.75) is 46.0 Å². The number of carbonyl (C=O) groups excluding carboxylic acids is 1. The Morgan fingerprint density at radius 2 is 1.97 bits per heavy atom. The summed E-state index contributed by atoms with van der Waals surface area (Å²) in [5.41, 5.74) is 2.79. The number of hydrogen-bond donors (Lipinski definition) is 2. The maximum atomic E-state index is 12.5. The van der Waals surface area contributed by atoms with E-state index >= 15 is 0 Å². The molecule has 0 bridgehead atoms. The lowest BCUT2D eigenvalue weighted by Crippen LogP contribution is -2.14. The molecule has 2 heterocycles. The van der Waals surface area contributed by atoms with Crippen LogP contribution >= 0.6 is 11.3 Å². The molecule has 1 aromatic carbocycles. The number of carbonyl (C=O) groups is 1. The van der Waals surface area contributed by atoms with E-state index in [4.69, 9.17) is 0 Å². The minimum absolute atomic E-state index is 0.0641. The van der Waals surface area contributed by atoms with E-state index in [1.807, 2.05) is 24.4 Å². The van der Waals surface area contributed by atoms with Crippen molar-refractivity contribution in [1.29, 1.82) is 0 Å². The number of anilines is 1. The van der Waals surface area contributed by atoms with Gasteiger partial charge in [0, 0.05) is 10.9 Å². The molecule has 0 aliphatic rings. The Bertz CT molecular complexity index is 1030. The second kappa shape index (κ2) is 8.12. The maximum absolute atomic E-state index is 12.5. The molecule has 3 rings (SSSR count). The first kappa shape index (κ1) is 20.7. The molecule has 1 amide bonds. The predicted molar refractivity (Wildman–Crippen MR) is 113 cm³/mol. The number of aromatic nitrogens is 3. The molecule has 2 N–H and O–H groups in total. The number of nitro groups is 1. The van der Waals surface area contributed by atoms with Crippen LogP contribution in [0.4, 0.5) is 10.8 Å².